The average Bonchev–Trinajstić information content (AvgIpc) is 4.10. The Labute approximate surface area is 437 Å². The fourth-order valence-electron chi connectivity index (χ4n) is 13.0. The molecule has 2 aliphatic rings. The van der Waals surface area contributed by atoms with Crippen LogP contribution in [0.5, 0.6) is 0 Å². The standard InChI is InChI=1S/C60H91Br2NS2Si2/c1-7-13-18-22-26-30-35-66(36-31-27-23-19-14-8-2)53-41-47-48-42-54-50(40-52(48)63(45-46(12-6)34-17-11-5)51(47)39-49(53)59-55(66)43-57(61)64-59)60-56(44-58(62)65-60)67(54,37-32-28-24-20-15-9-3)38-33-29-25-21-16-10-4/h39-44,46H,7-38,45H2,1-6H3. The van der Waals surface area contributed by atoms with E-state index < -0.39 is 16.1 Å². The van der Waals surface area contributed by atoms with Gasteiger partial charge < -0.3 is 4.57 Å². The van der Waals surface area contributed by atoms with Gasteiger partial charge in [-0.1, -0.05) is 227 Å². The van der Waals surface area contributed by atoms with Crippen LogP contribution >= 0.6 is 54.5 Å². The maximum absolute atomic E-state index is 4.10. The van der Waals surface area contributed by atoms with Crippen molar-refractivity contribution in [3.8, 4) is 20.9 Å². The van der Waals surface area contributed by atoms with E-state index in [0.717, 1.165) is 6.54 Å². The minimum absolute atomic E-state index is 0.695. The molecule has 0 aliphatic carbocycles. The highest BCUT2D eigenvalue weighted by Crippen LogP contribution is 2.47. The number of hydrogen-bond donors (Lipinski definition) is 0. The number of nitrogens with zero attached hydrogens (tertiary/aromatic N) is 1. The number of fused-ring (bicyclic) bond motifs is 9. The number of halogens is 2. The van der Waals surface area contributed by atoms with Crippen molar-refractivity contribution in [2.45, 2.75) is 252 Å². The van der Waals surface area contributed by atoms with Crippen molar-refractivity contribution in [3.05, 3.63) is 44.0 Å². The zero-order valence-corrected chi connectivity index (χ0v) is 50.2. The van der Waals surface area contributed by atoms with E-state index in [-0.39, 0.29) is 0 Å². The van der Waals surface area contributed by atoms with Crippen LogP contribution in [0.4, 0.5) is 0 Å². The summed E-state index contributed by atoms with van der Waals surface area (Å²) in [5.74, 6) is 0.695. The van der Waals surface area contributed by atoms with E-state index in [4.69, 9.17) is 0 Å². The lowest BCUT2D eigenvalue weighted by Gasteiger charge is -2.30. The molecule has 0 N–H and O–H groups in total. The fourth-order valence-corrected chi connectivity index (χ4v) is 29.3. The Morgan fingerprint density at radius 1 is 0.418 bits per heavy atom. The number of thiophene rings is 2. The Bertz CT molecular complexity index is 2120. The van der Waals surface area contributed by atoms with E-state index in [1.165, 1.54) is 223 Å². The van der Waals surface area contributed by atoms with Crippen molar-refractivity contribution in [1.82, 2.24) is 4.57 Å². The van der Waals surface area contributed by atoms with Crippen LogP contribution in [0, 0.1) is 5.92 Å². The molecule has 1 nitrogen and oxygen atoms in total. The summed E-state index contributed by atoms with van der Waals surface area (Å²) in [5.41, 5.74) is 6.30. The third kappa shape index (κ3) is 12.3. The van der Waals surface area contributed by atoms with Gasteiger partial charge in [-0.05, 0) is 125 Å². The predicted molar refractivity (Wildman–Crippen MR) is 318 cm³/mol. The molecule has 0 saturated carbocycles. The zero-order valence-electron chi connectivity index (χ0n) is 43.4. The first-order valence-electron chi connectivity index (χ1n) is 28.6. The number of unbranched alkanes of at least 4 members (excludes halogenated alkanes) is 21. The first kappa shape index (κ1) is 53.8. The quantitative estimate of drug-likeness (QED) is 0.0286. The maximum atomic E-state index is 4.10. The van der Waals surface area contributed by atoms with Crippen LogP contribution in [-0.2, 0) is 6.54 Å². The molecule has 5 heterocycles. The van der Waals surface area contributed by atoms with Gasteiger partial charge in [-0.15, -0.1) is 22.7 Å². The summed E-state index contributed by atoms with van der Waals surface area (Å²) in [4.78, 5) is 3.25. The van der Waals surface area contributed by atoms with Crippen molar-refractivity contribution in [2.24, 2.45) is 5.92 Å². The van der Waals surface area contributed by atoms with Gasteiger partial charge in [0.25, 0.3) is 0 Å². The van der Waals surface area contributed by atoms with Crippen LogP contribution in [0.3, 0.4) is 0 Å². The summed E-state index contributed by atoms with van der Waals surface area (Å²) in [5, 5.41) is 10.4. The Balaban J connectivity index is 1.41. The predicted octanol–water partition coefficient (Wildman–Crippen LogP) is 20.2. The minimum atomic E-state index is -2.02. The van der Waals surface area contributed by atoms with Gasteiger partial charge in [0, 0.05) is 38.1 Å². The van der Waals surface area contributed by atoms with Crippen molar-refractivity contribution < 1.29 is 0 Å². The third-order valence-electron chi connectivity index (χ3n) is 16.9. The summed E-state index contributed by atoms with van der Waals surface area (Å²) >= 11 is 12.3. The van der Waals surface area contributed by atoms with Gasteiger partial charge >= 0.3 is 0 Å². The Kier molecular flexibility index (Phi) is 21.4. The summed E-state index contributed by atoms with van der Waals surface area (Å²) in [7, 11) is -4.05. The molecule has 0 radical (unpaired) electrons. The van der Waals surface area contributed by atoms with E-state index in [1.807, 2.05) is 10.4 Å². The van der Waals surface area contributed by atoms with E-state index in [0.29, 0.717) is 5.92 Å². The number of rotatable bonds is 34. The van der Waals surface area contributed by atoms with Crippen LogP contribution in [0.1, 0.15) is 221 Å². The highest BCUT2D eigenvalue weighted by atomic mass is 79.9. The molecule has 67 heavy (non-hydrogen) atoms. The molecule has 2 aromatic carbocycles. The Hall–Kier alpha value is -0.966. The molecular weight excluding hydrogens is 1010 g/mol. The van der Waals surface area contributed by atoms with Crippen LogP contribution in [0.15, 0.2) is 44.0 Å². The van der Waals surface area contributed by atoms with Gasteiger partial charge in [0.1, 0.15) is 16.1 Å². The lowest BCUT2D eigenvalue weighted by atomic mass is 9.99. The monoisotopic (exact) mass is 1100 g/mol. The third-order valence-corrected chi connectivity index (χ3v) is 31.2. The molecule has 0 fully saturated rings. The number of benzene rings is 2. The lowest BCUT2D eigenvalue weighted by molar-refractivity contribution is 0.401. The van der Waals surface area contributed by atoms with Crippen molar-refractivity contribution in [3.63, 3.8) is 0 Å². The SMILES string of the molecule is CCCCCCCC[Si]1(CCCCCCCC)c2cc3c4cc5c(cc4n(CC(CC)CCCC)c3cc2-c2sc(Br)cc21)-c1sc(Br)cc1[Si]5(CCCCCCCC)CCCCCCCC. The van der Waals surface area contributed by atoms with E-state index >= 15 is 0 Å². The van der Waals surface area contributed by atoms with Gasteiger partial charge in [-0.3, -0.25) is 0 Å². The first-order valence-corrected chi connectivity index (χ1v) is 36.6. The van der Waals surface area contributed by atoms with Crippen molar-refractivity contribution in [2.75, 3.05) is 0 Å². The van der Waals surface area contributed by atoms with Crippen LogP contribution < -0.4 is 20.7 Å². The van der Waals surface area contributed by atoms with E-state index in [2.05, 4.69) is 137 Å². The summed E-state index contributed by atoms with van der Waals surface area (Å²) < 4.78 is 5.58. The molecule has 2 aliphatic heterocycles. The van der Waals surface area contributed by atoms with Gasteiger partial charge in [-0.25, -0.2) is 0 Å². The molecule has 0 bridgehead atoms. The Morgan fingerprint density at radius 2 is 0.761 bits per heavy atom. The topological polar surface area (TPSA) is 4.93 Å². The lowest BCUT2D eigenvalue weighted by Crippen LogP contribution is -2.55. The molecule has 1 atom stereocenters. The molecular formula is C60H91Br2NS2Si2. The van der Waals surface area contributed by atoms with Gasteiger partial charge in [0.05, 0.1) is 7.57 Å². The van der Waals surface area contributed by atoms with Crippen molar-refractivity contribution in [1.29, 1.82) is 0 Å². The second kappa shape index (κ2) is 26.6. The van der Waals surface area contributed by atoms with E-state index in [9.17, 15) is 0 Å². The van der Waals surface area contributed by atoms with Crippen molar-refractivity contribution >= 4 is 113 Å². The molecule has 1 unspecified atom stereocenters. The van der Waals surface area contributed by atoms with Crippen LogP contribution in [-0.4, -0.2) is 20.7 Å². The van der Waals surface area contributed by atoms with Gasteiger partial charge in [0.2, 0.25) is 0 Å². The molecule has 5 aromatic rings. The second-order valence-electron chi connectivity index (χ2n) is 21.7. The molecule has 3 aromatic heterocycles. The average molecular weight is 1110 g/mol. The molecule has 370 valence electrons. The molecule has 0 spiro atoms. The minimum Gasteiger partial charge on any atom is -0.340 e. The van der Waals surface area contributed by atoms with Crippen LogP contribution in [0.25, 0.3) is 42.7 Å². The van der Waals surface area contributed by atoms with Crippen LogP contribution in [0.2, 0.25) is 24.2 Å². The smallest absolute Gasteiger partial charge is 0.121 e. The first-order chi connectivity index (χ1) is 32.8. The zero-order chi connectivity index (χ0) is 47.2. The normalized spacial score (nSPS) is 14.9. The van der Waals surface area contributed by atoms with Gasteiger partial charge in [0.15, 0.2) is 0 Å². The van der Waals surface area contributed by atoms with E-state index in [1.54, 1.807) is 42.0 Å². The summed E-state index contributed by atoms with van der Waals surface area (Å²) in [6, 6.07) is 22.3. The largest absolute Gasteiger partial charge is 0.340 e. The number of hydrogen-bond acceptors (Lipinski definition) is 2. The summed E-state index contributed by atoms with van der Waals surface area (Å²) in [6.07, 6.45) is 38.5. The fraction of sp³-hybridized carbons (Fsp3) is 0.667. The summed E-state index contributed by atoms with van der Waals surface area (Å²) in [6.45, 7) is 15.4. The highest BCUT2D eigenvalue weighted by Gasteiger charge is 2.48. The molecule has 7 rings (SSSR count). The molecule has 0 saturated heterocycles. The Morgan fingerprint density at radius 3 is 1.10 bits per heavy atom. The maximum Gasteiger partial charge on any atom is 0.121 e. The molecule has 0 amide bonds. The molecule has 7 heteroatoms. The highest BCUT2D eigenvalue weighted by molar-refractivity contribution is 9.11. The van der Waals surface area contributed by atoms with Gasteiger partial charge in [-0.2, -0.15) is 0 Å². The number of aromatic nitrogens is 1. The second-order valence-corrected chi connectivity index (χ2v) is 35.0.